The highest BCUT2D eigenvalue weighted by molar-refractivity contribution is 7.98. The van der Waals surface area contributed by atoms with E-state index in [1.165, 1.54) is 0 Å². The summed E-state index contributed by atoms with van der Waals surface area (Å²) in [5.41, 5.74) is 0. The normalized spacial score (nSPS) is 11.0. The Kier molecular flexibility index (Phi) is 4.63. The van der Waals surface area contributed by atoms with Gasteiger partial charge in [-0.1, -0.05) is 23.7 Å². The van der Waals surface area contributed by atoms with Crippen molar-refractivity contribution in [1.29, 1.82) is 0 Å². The Morgan fingerprint density at radius 1 is 1.24 bits per heavy atom. The lowest BCUT2D eigenvalue weighted by atomic mass is 10.3. The van der Waals surface area contributed by atoms with Gasteiger partial charge in [-0.3, -0.25) is 0 Å². The molecule has 2 aromatic heterocycles. The summed E-state index contributed by atoms with van der Waals surface area (Å²) in [6.07, 6.45) is 0. The molecule has 0 amide bonds. The maximum atomic E-state index is 6.18. The third kappa shape index (κ3) is 3.31. The number of thioether (sulfide) groups is 1. The van der Waals surface area contributed by atoms with E-state index in [1.54, 1.807) is 23.1 Å². The molecule has 1 N–H and O–H groups in total. The molecule has 0 bridgehead atoms. The van der Waals surface area contributed by atoms with Gasteiger partial charge in [-0.2, -0.15) is 0 Å². The Hall–Kier alpha value is -1.30. The van der Waals surface area contributed by atoms with Gasteiger partial charge < -0.3 is 5.32 Å². The zero-order valence-electron chi connectivity index (χ0n) is 11.5. The van der Waals surface area contributed by atoms with Crippen LogP contribution in [0.15, 0.2) is 40.6 Å². The highest BCUT2D eigenvalue weighted by Gasteiger charge is 2.09. The standard InChI is InChI=1S/C15H14ClN3S2/c1-2-17-14-10-7-8-20-15(10)19-13(18-14)9-21-12-6-4-3-5-11(12)16/h3-8H,2,9H2,1H3,(H,17,18,19). The lowest BCUT2D eigenvalue weighted by Gasteiger charge is -2.07. The number of hydrogen-bond acceptors (Lipinski definition) is 5. The summed E-state index contributed by atoms with van der Waals surface area (Å²) in [4.78, 5) is 11.3. The molecule has 0 radical (unpaired) electrons. The van der Waals surface area contributed by atoms with Gasteiger partial charge in [0, 0.05) is 11.4 Å². The number of nitrogens with zero attached hydrogens (tertiary/aromatic N) is 2. The maximum Gasteiger partial charge on any atom is 0.142 e. The summed E-state index contributed by atoms with van der Waals surface area (Å²) in [7, 11) is 0. The van der Waals surface area contributed by atoms with Crippen molar-refractivity contribution in [2.24, 2.45) is 0 Å². The van der Waals surface area contributed by atoms with E-state index in [0.29, 0.717) is 5.75 Å². The van der Waals surface area contributed by atoms with Crippen molar-refractivity contribution in [2.45, 2.75) is 17.6 Å². The van der Waals surface area contributed by atoms with E-state index >= 15 is 0 Å². The van der Waals surface area contributed by atoms with E-state index < -0.39 is 0 Å². The largest absolute Gasteiger partial charge is 0.370 e. The van der Waals surface area contributed by atoms with Gasteiger partial charge in [0.25, 0.3) is 0 Å². The van der Waals surface area contributed by atoms with E-state index in [1.807, 2.05) is 29.6 Å². The van der Waals surface area contributed by atoms with Crippen LogP contribution >= 0.6 is 34.7 Å². The fourth-order valence-corrected chi connectivity index (χ4v) is 3.85. The van der Waals surface area contributed by atoms with E-state index in [9.17, 15) is 0 Å². The minimum Gasteiger partial charge on any atom is -0.370 e. The van der Waals surface area contributed by atoms with Crippen molar-refractivity contribution >= 4 is 50.7 Å². The Morgan fingerprint density at radius 3 is 2.90 bits per heavy atom. The van der Waals surface area contributed by atoms with E-state index in [2.05, 4.69) is 28.3 Å². The molecule has 0 aliphatic carbocycles. The molecule has 0 saturated heterocycles. The summed E-state index contributed by atoms with van der Waals surface area (Å²) in [6, 6.07) is 9.90. The summed E-state index contributed by atoms with van der Waals surface area (Å²) in [5.74, 6) is 2.44. The first-order valence-electron chi connectivity index (χ1n) is 6.63. The molecular weight excluding hydrogens is 322 g/mol. The first-order chi connectivity index (χ1) is 10.3. The Balaban J connectivity index is 1.85. The van der Waals surface area contributed by atoms with Gasteiger partial charge >= 0.3 is 0 Å². The van der Waals surface area contributed by atoms with Crippen LogP contribution in [0.4, 0.5) is 5.82 Å². The highest BCUT2D eigenvalue weighted by atomic mass is 35.5. The van der Waals surface area contributed by atoms with Gasteiger partial charge in [-0.25, -0.2) is 9.97 Å². The lowest BCUT2D eigenvalue weighted by Crippen LogP contribution is -2.03. The van der Waals surface area contributed by atoms with Gasteiger partial charge in [-0.15, -0.1) is 23.1 Å². The SMILES string of the molecule is CCNc1nc(CSc2ccccc2Cl)nc2sccc12. The topological polar surface area (TPSA) is 37.8 Å². The van der Waals surface area contributed by atoms with Crippen LogP contribution in [0.25, 0.3) is 10.2 Å². The second kappa shape index (κ2) is 6.64. The van der Waals surface area contributed by atoms with Crippen LogP contribution in [0.1, 0.15) is 12.7 Å². The number of anilines is 1. The molecule has 3 nitrogen and oxygen atoms in total. The first kappa shape index (κ1) is 14.6. The molecule has 0 saturated carbocycles. The molecular formula is C15H14ClN3S2. The first-order valence-corrected chi connectivity index (χ1v) is 8.87. The third-order valence-corrected chi connectivity index (χ3v) is 5.23. The van der Waals surface area contributed by atoms with Crippen molar-refractivity contribution in [3.63, 3.8) is 0 Å². The Morgan fingerprint density at radius 2 is 2.10 bits per heavy atom. The van der Waals surface area contributed by atoms with Gasteiger partial charge in [0.2, 0.25) is 0 Å². The lowest BCUT2D eigenvalue weighted by molar-refractivity contribution is 1.06. The van der Waals surface area contributed by atoms with Gasteiger partial charge in [0.15, 0.2) is 0 Å². The average molecular weight is 336 g/mol. The molecule has 1 aromatic carbocycles. The van der Waals surface area contributed by atoms with E-state index in [0.717, 1.165) is 38.3 Å². The fourth-order valence-electron chi connectivity index (χ4n) is 1.97. The Labute approximate surface area is 136 Å². The molecule has 0 fully saturated rings. The van der Waals surface area contributed by atoms with Crippen LogP contribution in [0, 0.1) is 0 Å². The quantitative estimate of drug-likeness (QED) is 0.661. The third-order valence-electron chi connectivity index (χ3n) is 2.91. The van der Waals surface area contributed by atoms with Crippen LogP contribution in [0.3, 0.4) is 0 Å². The minimum absolute atomic E-state index is 0.704. The predicted molar refractivity (Wildman–Crippen MR) is 92.6 cm³/mol. The van der Waals surface area contributed by atoms with Crippen LogP contribution < -0.4 is 5.32 Å². The minimum atomic E-state index is 0.704. The molecule has 0 aliphatic heterocycles. The molecule has 3 aromatic rings. The van der Waals surface area contributed by atoms with Gasteiger partial charge in [0.05, 0.1) is 16.2 Å². The number of aromatic nitrogens is 2. The second-order valence-corrected chi connectivity index (χ2v) is 6.70. The summed E-state index contributed by atoms with van der Waals surface area (Å²) >= 11 is 9.48. The van der Waals surface area contributed by atoms with Crippen LogP contribution in [-0.4, -0.2) is 16.5 Å². The number of benzene rings is 1. The summed E-state index contributed by atoms with van der Waals surface area (Å²) < 4.78 is 0. The molecule has 108 valence electrons. The molecule has 0 unspecified atom stereocenters. The number of rotatable bonds is 5. The van der Waals surface area contributed by atoms with Crippen molar-refractivity contribution in [1.82, 2.24) is 9.97 Å². The van der Waals surface area contributed by atoms with E-state index in [4.69, 9.17) is 11.6 Å². The van der Waals surface area contributed by atoms with Crippen molar-refractivity contribution < 1.29 is 0 Å². The molecule has 6 heteroatoms. The second-order valence-electron chi connectivity index (χ2n) is 4.38. The van der Waals surface area contributed by atoms with Crippen molar-refractivity contribution in [2.75, 3.05) is 11.9 Å². The highest BCUT2D eigenvalue weighted by Crippen LogP contribution is 2.30. The van der Waals surface area contributed by atoms with E-state index in [-0.39, 0.29) is 0 Å². The molecule has 21 heavy (non-hydrogen) atoms. The number of nitrogens with one attached hydrogen (secondary N) is 1. The summed E-state index contributed by atoms with van der Waals surface area (Å²) in [6.45, 7) is 2.91. The van der Waals surface area contributed by atoms with Crippen molar-refractivity contribution in [3.05, 3.63) is 46.6 Å². The molecule has 0 atom stereocenters. The number of thiophene rings is 1. The summed E-state index contributed by atoms with van der Waals surface area (Å²) in [5, 5.41) is 7.21. The predicted octanol–water partition coefficient (Wildman–Crippen LogP) is 5.07. The zero-order chi connectivity index (χ0) is 14.7. The zero-order valence-corrected chi connectivity index (χ0v) is 13.9. The molecule has 0 spiro atoms. The molecule has 2 heterocycles. The fraction of sp³-hybridized carbons (Fsp3) is 0.200. The van der Waals surface area contributed by atoms with Gasteiger partial charge in [-0.05, 0) is 30.5 Å². The monoisotopic (exact) mass is 335 g/mol. The van der Waals surface area contributed by atoms with Crippen molar-refractivity contribution in [3.8, 4) is 0 Å². The van der Waals surface area contributed by atoms with Gasteiger partial charge in [0.1, 0.15) is 16.5 Å². The number of hydrogen-bond donors (Lipinski definition) is 1. The van der Waals surface area contributed by atoms with Crippen LogP contribution in [-0.2, 0) is 5.75 Å². The average Bonchev–Trinajstić information content (AvgIpc) is 2.95. The maximum absolute atomic E-state index is 6.18. The molecule has 3 rings (SSSR count). The number of halogens is 1. The molecule has 0 aliphatic rings. The van der Waals surface area contributed by atoms with Crippen LogP contribution in [0.2, 0.25) is 5.02 Å². The Bertz CT molecular complexity index is 758. The number of fused-ring (bicyclic) bond motifs is 1. The van der Waals surface area contributed by atoms with Crippen LogP contribution in [0.5, 0.6) is 0 Å². The smallest absolute Gasteiger partial charge is 0.142 e.